The number of halogens is 1. The molecule has 0 fully saturated rings. The number of aryl methyl sites for hydroxylation is 2. The van der Waals surface area contributed by atoms with Crippen molar-refractivity contribution in [2.45, 2.75) is 32.4 Å². The van der Waals surface area contributed by atoms with Crippen LogP contribution in [-0.4, -0.2) is 61.3 Å². The molecule has 4 heterocycles. The van der Waals surface area contributed by atoms with E-state index in [4.69, 9.17) is 9.72 Å². The number of amides is 2. The van der Waals surface area contributed by atoms with Crippen LogP contribution < -0.4 is 15.4 Å². The third-order valence-corrected chi connectivity index (χ3v) is 8.28. The largest absolute Gasteiger partial charge is 0.510 e. The quantitative estimate of drug-likeness (QED) is 0.243. The highest BCUT2D eigenvalue weighted by atomic mass is 32.1. The number of fused-ring (bicyclic) bond motifs is 1. The Morgan fingerprint density at radius 1 is 1.29 bits per heavy atom. The molecule has 0 saturated carbocycles. The summed E-state index contributed by atoms with van der Waals surface area (Å²) in [7, 11) is 3.20. The molecule has 2 amide bonds. The average molecular weight is 592 g/mol. The van der Waals surface area contributed by atoms with Gasteiger partial charge in [-0.05, 0) is 43.2 Å². The first-order valence-corrected chi connectivity index (χ1v) is 13.9. The smallest absolute Gasteiger partial charge is 0.255 e. The van der Waals surface area contributed by atoms with Gasteiger partial charge in [-0.15, -0.1) is 11.3 Å². The Morgan fingerprint density at radius 3 is 2.76 bits per heavy atom. The number of rotatable bonds is 9. The minimum absolute atomic E-state index is 0.226. The van der Waals surface area contributed by atoms with Crippen molar-refractivity contribution in [3.63, 3.8) is 0 Å². The van der Waals surface area contributed by atoms with Gasteiger partial charge in [-0.1, -0.05) is 6.58 Å². The van der Waals surface area contributed by atoms with Gasteiger partial charge >= 0.3 is 0 Å². The molecular weight excluding hydrogens is 561 g/mol. The van der Waals surface area contributed by atoms with Crippen LogP contribution in [0.1, 0.15) is 39.3 Å². The molecule has 218 valence electrons. The highest BCUT2D eigenvalue weighted by Gasteiger charge is 2.34. The summed E-state index contributed by atoms with van der Waals surface area (Å²) in [6.07, 6.45) is 3.95. The summed E-state index contributed by atoms with van der Waals surface area (Å²) in [6.45, 7) is 7.38. The van der Waals surface area contributed by atoms with E-state index in [0.29, 0.717) is 30.2 Å². The van der Waals surface area contributed by atoms with Crippen LogP contribution in [0.5, 0.6) is 5.75 Å². The van der Waals surface area contributed by atoms with Crippen LogP contribution in [-0.2, 0) is 18.3 Å². The lowest BCUT2D eigenvalue weighted by atomic mass is 10.0. The Hall–Kier alpha value is -4.78. The van der Waals surface area contributed by atoms with E-state index in [1.807, 2.05) is 20.0 Å². The fraction of sp³-hybridized carbons (Fsp3) is 0.276. The highest BCUT2D eigenvalue weighted by Crippen LogP contribution is 2.36. The molecule has 2 atom stereocenters. The van der Waals surface area contributed by atoms with Gasteiger partial charge in [0.1, 0.15) is 35.2 Å². The number of aliphatic hydroxyl groups is 1. The average Bonchev–Trinajstić information content (AvgIpc) is 3.58. The van der Waals surface area contributed by atoms with Gasteiger partial charge in [-0.3, -0.25) is 14.3 Å². The number of aromatic nitrogens is 4. The zero-order chi connectivity index (χ0) is 30.1. The van der Waals surface area contributed by atoms with Crippen molar-refractivity contribution >= 4 is 34.9 Å². The second-order valence-corrected chi connectivity index (χ2v) is 11.1. The van der Waals surface area contributed by atoms with Gasteiger partial charge in [0, 0.05) is 43.2 Å². The number of thiophene rings is 1. The third kappa shape index (κ3) is 5.68. The predicted molar refractivity (Wildman–Crippen MR) is 156 cm³/mol. The van der Waals surface area contributed by atoms with Crippen molar-refractivity contribution in [1.82, 2.24) is 30.0 Å². The van der Waals surface area contributed by atoms with Gasteiger partial charge in [0.25, 0.3) is 5.91 Å². The zero-order valence-electron chi connectivity index (χ0n) is 23.5. The van der Waals surface area contributed by atoms with Crippen LogP contribution in [0.4, 0.5) is 16.2 Å². The minimum Gasteiger partial charge on any atom is -0.510 e. The summed E-state index contributed by atoms with van der Waals surface area (Å²) < 4.78 is 20.9. The van der Waals surface area contributed by atoms with Crippen molar-refractivity contribution in [2.24, 2.45) is 7.05 Å². The van der Waals surface area contributed by atoms with E-state index in [9.17, 15) is 19.1 Å². The second kappa shape index (κ2) is 11.6. The van der Waals surface area contributed by atoms with E-state index in [1.165, 1.54) is 41.5 Å². The Labute approximate surface area is 245 Å². The van der Waals surface area contributed by atoms with E-state index < -0.39 is 23.8 Å². The van der Waals surface area contributed by atoms with Gasteiger partial charge in [0.2, 0.25) is 11.9 Å². The molecule has 1 aliphatic heterocycles. The summed E-state index contributed by atoms with van der Waals surface area (Å²) >= 11 is 1.49. The van der Waals surface area contributed by atoms with E-state index in [1.54, 1.807) is 30.1 Å². The minimum atomic E-state index is -1.09. The fourth-order valence-corrected chi connectivity index (χ4v) is 5.95. The number of hydrogen-bond donors (Lipinski definition) is 3. The van der Waals surface area contributed by atoms with E-state index in [2.05, 4.69) is 27.3 Å². The molecule has 13 heteroatoms. The lowest BCUT2D eigenvalue weighted by Gasteiger charge is -2.32. The standard InChI is InChI=1S/C29H30FN7O4S/c1-15-14-31-29(33-24-6-8-32-36(24)4)35-25(15)23-13-21-22(42-23)7-9-37(28(21)40)16(2)27(39)34-26(17(3)38)18-10-19(30)12-20(11-18)41-5/h6,8,10-14,16,26,38H,3,7,9H2,1-2,4-5H3,(H,34,39)(H,31,33,35)/t16-,26+/m0/s1. The summed E-state index contributed by atoms with van der Waals surface area (Å²) in [4.78, 5) is 39.2. The van der Waals surface area contributed by atoms with E-state index in [-0.39, 0.29) is 23.0 Å². The molecule has 4 aromatic rings. The van der Waals surface area contributed by atoms with Crippen LogP contribution in [0.25, 0.3) is 10.6 Å². The van der Waals surface area contributed by atoms with Crippen molar-refractivity contribution < 1.29 is 23.8 Å². The molecule has 1 aromatic carbocycles. The van der Waals surface area contributed by atoms with Crippen LogP contribution in [0.15, 0.2) is 55.1 Å². The number of carbonyl (C=O) groups excluding carboxylic acids is 2. The normalized spacial score (nSPS) is 14.2. The van der Waals surface area contributed by atoms with Gasteiger partial charge < -0.3 is 25.4 Å². The van der Waals surface area contributed by atoms with E-state index in [0.717, 1.165) is 21.1 Å². The summed E-state index contributed by atoms with van der Waals surface area (Å²) in [5, 5.41) is 20.2. The monoisotopic (exact) mass is 591 g/mol. The topological polar surface area (TPSA) is 134 Å². The molecule has 42 heavy (non-hydrogen) atoms. The third-order valence-electron chi connectivity index (χ3n) is 7.08. The second-order valence-electron chi connectivity index (χ2n) is 9.92. The number of aliphatic hydroxyl groups excluding tert-OH is 1. The van der Waals surface area contributed by atoms with Crippen LogP contribution in [0, 0.1) is 12.7 Å². The number of carbonyl (C=O) groups is 2. The number of nitrogens with one attached hydrogen (secondary N) is 2. The zero-order valence-corrected chi connectivity index (χ0v) is 24.3. The number of ether oxygens (including phenoxy) is 1. The molecule has 0 unspecified atom stereocenters. The Morgan fingerprint density at radius 2 is 2.07 bits per heavy atom. The number of hydrogen-bond acceptors (Lipinski definition) is 9. The number of methoxy groups -OCH3 is 1. The molecule has 3 N–H and O–H groups in total. The molecule has 3 aromatic heterocycles. The number of benzene rings is 1. The van der Waals surface area contributed by atoms with Crippen molar-refractivity contribution in [2.75, 3.05) is 19.0 Å². The summed E-state index contributed by atoms with van der Waals surface area (Å²) in [5.74, 6) is -0.420. The van der Waals surface area contributed by atoms with Gasteiger partial charge in [0.15, 0.2) is 0 Å². The highest BCUT2D eigenvalue weighted by molar-refractivity contribution is 7.15. The summed E-state index contributed by atoms with van der Waals surface area (Å²) in [6, 6.07) is 5.51. The van der Waals surface area contributed by atoms with E-state index >= 15 is 0 Å². The van der Waals surface area contributed by atoms with Crippen molar-refractivity contribution in [1.29, 1.82) is 0 Å². The first-order chi connectivity index (χ1) is 20.0. The molecule has 11 nitrogen and oxygen atoms in total. The Balaban J connectivity index is 1.34. The molecule has 0 spiro atoms. The SMILES string of the molecule is C=C(O)[C@@H](NC(=O)[C@H](C)N1CCc2sc(-c3nc(Nc4ccnn4C)ncc3C)cc2C1=O)c1cc(F)cc(OC)c1. The molecule has 1 aliphatic rings. The Bertz CT molecular complexity index is 1680. The number of nitrogens with zero attached hydrogens (tertiary/aromatic N) is 5. The predicted octanol–water partition coefficient (Wildman–Crippen LogP) is 4.45. The Kier molecular flexibility index (Phi) is 7.94. The van der Waals surface area contributed by atoms with Crippen molar-refractivity contribution in [3.8, 4) is 16.3 Å². The molecular formula is C29H30FN7O4S. The molecule has 0 saturated heterocycles. The molecule has 5 rings (SSSR count). The maximum atomic E-state index is 14.1. The van der Waals surface area contributed by atoms with Crippen LogP contribution in [0.2, 0.25) is 0 Å². The molecule has 0 bridgehead atoms. The molecule has 0 radical (unpaired) electrons. The van der Waals surface area contributed by atoms with Gasteiger partial charge in [0.05, 0.1) is 29.4 Å². The maximum absolute atomic E-state index is 14.1. The lowest BCUT2D eigenvalue weighted by molar-refractivity contribution is -0.126. The lowest BCUT2D eigenvalue weighted by Crippen LogP contribution is -2.51. The maximum Gasteiger partial charge on any atom is 0.255 e. The summed E-state index contributed by atoms with van der Waals surface area (Å²) in [5.41, 5.74) is 2.32. The first-order valence-electron chi connectivity index (χ1n) is 13.1. The fourth-order valence-electron chi connectivity index (χ4n) is 4.76. The molecule has 0 aliphatic carbocycles. The number of anilines is 2. The van der Waals surface area contributed by atoms with Crippen LogP contribution >= 0.6 is 11.3 Å². The first kappa shape index (κ1) is 28.7. The van der Waals surface area contributed by atoms with Gasteiger partial charge in [-0.2, -0.15) is 5.10 Å². The van der Waals surface area contributed by atoms with Crippen molar-refractivity contribution in [3.05, 3.63) is 82.4 Å². The van der Waals surface area contributed by atoms with Gasteiger partial charge in [-0.25, -0.2) is 14.4 Å². The van der Waals surface area contributed by atoms with Crippen LogP contribution in [0.3, 0.4) is 0 Å².